The number of thioether (sulfide) groups is 1. The minimum absolute atomic E-state index is 0.0125. The lowest BCUT2D eigenvalue weighted by Crippen LogP contribution is -2.31. The molecule has 9 heteroatoms. The number of imide groups is 1. The van der Waals surface area contributed by atoms with Crippen LogP contribution in [0.25, 0.3) is 10.9 Å². The topological polar surface area (TPSA) is 140 Å². The first kappa shape index (κ1) is 20.5. The van der Waals surface area contributed by atoms with Crippen LogP contribution in [0, 0.1) is 22.7 Å². The standard InChI is InChI=1S/C22H18N6O2S/c1-11(2)19-14(9-23)20(25)27-21(15(19)10-24)31-17-8-18(29)28(22(17)30)13-4-3-12-5-6-26-16(12)7-13/h3-7,11,17,26H,8H2,1-2H3,(H2,25,27). The van der Waals surface area contributed by atoms with Gasteiger partial charge in [-0.1, -0.05) is 31.7 Å². The van der Waals surface area contributed by atoms with E-state index in [0.717, 1.165) is 22.7 Å². The number of carbonyl (C=O) groups is 2. The molecule has 1 aromatic carbocycles. The summed E-state index contributed by atoms with van der Waals surface area (Å²) in [5.41, 5.74) is 8.18. The number of carbonyl (C=O) groups excluding carboxylic acids is 2. The third-order valence-corrected chi connectivity index (χ3v) is 6.36. The van der Waals surface area contributed by atoms with Crippen molar-refractivity contribution in [2.24, 2.45) is 0 Å². The summed E-state index contributed by atoms with van der Waals surface area (Å²) in [5, 5.41) is 19.7. The molecular weight excluding hydrogens is 412 g/mol. The Morgan fingerprint density at radius 1 is 1.23 bits per heavy atom. The normalized spacial score (nSPS) is 16.2. The van der Waals surface area contributed by atoms with Crippen molar-refractivity contribution in [2.45, 2.75) is 36.5 Å². The van der Waals surface area contributed by atoms with Crippen LogP contribution >= 0.6 is 11.8 Å². The molecule has 3 N–H and O–H groups in total. The number of pyridine rings is 1. The zero-order chi connectivity index (χ0) is 22.3. The van der Waals surface area contributed by atoms with Gasteiger partial charge in [-0.05, 0) is 35.1 Å². The number of anilines is 2. The Balaban J connectivity index is 1.69. The number of nitriles is 2. The smallest absolute Gasteiger partial charge is 0.247 e. The number of aromatic amines is 1. The monoisotopic (exact) mass is 430 g/mol. The van der Waals surface area contributed by atoms with Crippen LogP contribution in [-0.4, -0.2) is 27.0 Å². The predicted molar refractivity (Wildman–Crippen MR) is 117 cm³/mol. The summed E-state index contributed by atoms with van der Waals surface area (Å²) >= 11 is 1.04. The van der Waals surface area contributed by atoms with Crippen LogP contribution in [0.1, 0.15) is 42.9 Å². The molecule has 2 amide bonds. The van der Waals surface area contributed by atoms with E-state index in [4.69, 9.17) is 5.73 Å². The molecule has 31 heavy (non-hydrogen) atoms. The van der Waals surface area contributed by atoms with Crippen molar-refractivity contribution < 1.29 is 9.59 Å². The third kappa shape index (κ3) is 3.39. The molecule has 1 fully saturated rings. The molecule has 1 aliphatic heterocycles. The first-order valence-corrected chi connectivity index (χ1v) is 10.5. The van der Waals surface area contributed by atoms with Crippen LogP contribution in [0.5, 0.6) is 0 Å². The Labute approximate surface area is 182 Å². The molecule has 3 aromatic rings. The molecule has 0 spiro atoms. The first-order chi connectivity index (χ1) is 14.8. The van der Waals surface area contributed by atoms with E-state index in [-0.39, 0.29) is 46.1 Å². The highest BCUT2D eigenvalue weighted by Gasteiger charge is 2.41. The fraction of sp³-hybridized carbons (Fsp3) is 0.227. The van der Waals surface area contributed by atoms with Crippen LogP contribution in [0.15, 0.2) is 35.5 Å². The Morgan fingerprint density at radius 3 is 2.65 bits per heavy atom. The summed E-state index contributed by atoms with van der Waals surface area (Å²) in [7, 11) is 0. The Hall–Kier alpha value is -3.82. The van der Waals surface area contributed by atoms with E-state index < -0.39 is 5.25 Å². The molecule has 0 radical (unpaired) electrons. The number of nitrogens with two attached hydrogens (primary N) is 1. The molecular formula is C22H18N6O2S. The highest BCUT2D eigenvalue weighted by molar-refractivity contribution is 8.00. The van der Waals surface area contributed by atoms with Gasteiger partial charge in [0.1, 0.15) is 23.0 Å². The van der Waals surface area contributed by atoms with E-state index in [1.54, 1.807) is 18.3 Å². The summed E-state index contributed by atoms with van der Waals surface area (Å²) in [5.74, 6) is -0.823. The molecule has 1 aliphatic rings. The second kappa shape index (κ2) is 7.78. The van der Waals surface area contributed by atoms with Gasteiger partial charge in [0.2, 0.25) is 11.8 Å². The molecule has 8 nitrogen and oxygen atoms in total. The first-order valence-electron chi connectivity index (χ1n) is 9.59. The van der Waals surface area contributed by atoms with Crippen LogP contribution in [-0.2, 0) is 9.59 Å². The number of fused-ring (bicyclic) bond motifs is 1. The van der Waals surface area contributed by atoms with Gasteiger partial charge in [0.15, 0.2) is 0 Å². The van der Waals surface area contributed by atoms with Crippen molar-refractivity contribution in [3.8, 4) is 12.1 Å². The third-order valence-electron chi connectivity index (χ3n) is 5.19. The van der Waals surface area contributed by atoms with E-state index in [1.807, 2.05) is 32.0 Å². The van der Waals surface area contributed by atoms with Crippen molar-refractivity contribution >= 4 is 46.0 Å². The Morgan fingerprint density at radius 2 is 1.97 bits per heavy atom. The van der Waals surface area contributed by atoms with Crippen molar-refractivity contribution in [2.75, 3.05) is 10.6 Å². The lowest BCUT2D eigenvalue weighted by atomic mass is 9.94. The van der Waals surface area contributed by atoms with Crippen LogP contribution in [0.4, 0.5) is 11.5 Å². The van der Waals surface area contributed by atoms with Crippen molar-refractivity contribution in [1.82, 2.24) is 9.97 Å². The predicted octanol–water partition coefficient (Wildman–Crippen LogP) is 3.44. The van der Waals surface area contributed by atoms with Gasteiger partial charge < -0.3 is 10.7 Å². The van der Waals surface area contributed by atoms with Crippen molar-refractivity contribution in [1.29, 1.82) is 10.5 Å². The number of amides is 2. The van der Waals surface area contributed by atoms with Crippen LogP contribution < -0.4 is 10.6 Å². The summed E-state index contributed by atoms with van der Waals surface area (Å²) in [6.45, 7) is 3.71. The lowest BCUT2D eigenvalue weighted by molar-refractivity contribution is -0.121. The number of hydrogen-bond donors (Lipinski definition) is 2. The number of hydrogen-bond acceptors (Lipinski definition) is 7. The van der Waals surface area contributed by atoms with Gasteiger partial charge in [0.05, 0.1) is 22.1 Å². The van der Waals surface area contributed by atoms with E-state index in [2.05, 4.69) is 16.0 Å². The van der Waals surface area contributed by atoms with Gasteiger partial charge in [0, 0.05) is 18.1 Å². The van der Waals surface area contributed by atoms with Gasteiger partial charge in [-0.2, -0.15) is 10.5 Å². The number of rotatable bonds is 4. The lowest BCUT2D eigenvalue weighted by Gasteiger charge is -2.17. The summed E-state index contributed by atoms with van der Waals surface area (Å²) in [6, 6.07) is 11.4. The molecule has 4 rings (SSSR count). The number of H-pyrrole nitrogens is 1. The Kier molecular flexibility index (Phi) is 5.14. The van der Waals surface area contributed by atoms with E-state index >= 15 is 0 Å². The van der Waals surface area contributed by atoms with Crippen LogP contribution in [0.2, 0.25) is 0 Å². The highest BCUT2D eigenvalue weighted by atomic mass is 32.2. The minimum atomic E-state index is -0.737. The van der Waals surface area contributed by atoms with Gasteiger partial charge in [0.25, 0.3) is 0 Å². The Bertz CT molecular complexity index is 1310. The fourth-order valence-corrected chi connectivity index (χ4v) is 4.89. The second-order valence-electron chi connectivity index (χ2n) is 7.47. The SMILES string of the molecule is CC(C)c1c(C#N)c(N)nc(SC2CC(=O)N(c3ccc4cc[nH]c4c3)C2=O)c1C#N. The molecule has 1 atom stereocenters. The van der Waals surface area contributed by atoms with Crippen molar-refractivity contribution in [3.63, 3.8) is 0 Å². The average molecular weight is 430 g/mol. The maximum atomic E-state index is 13.1. The van der Waals surface area contributed by atoms with Gasteiger partial charge in [-0.25, -0.2) is 9.88 Å². The zero-order valence-corrected chi connectivity index (χ0v) is 17.7. The summed E-state index contributed by atoms with van der Waals surface area (Å²) < 4.78 is 0. The maximum Gasteiger partial charge on any atom is 0.247 e. The molecule has 0 saturated carbocycles. The molecule has 3 heterocycles. The minimum Gasteiger partial charge on any atom is -0.383 e. The number of aromatic nitrogens is 2. The molecule has 1 unspecified atom stereocenters. The number of nitrogens with zero attached hydrogens (tertiary/aromatic N) is 4. The van der Waals surface area contributed by atoms with Gasteiger partial charge in [-0.3, -0.25) is 9.59 Å². The summed E-state index contributed by atoms with van der Waals surface area (Å²) in [6.07, 6.45) is 1.77. The average Bonchev–Trinajstić information content (AvgIpc) is 3.30. The molecule has 154 valence electrons. The fourth-order valence-electron chi connectivity index (χ4n) is 3.76. The van der Waals surface area contributed by atoms with Crippen molar-refractivity contribution in [3.05, 3.63) is 47.2 Å². The molecule has 0 aliphatic carbocycles. The molecule has 2 aromatic heterocycles. The second-order valence-corrected chi connectivity index (χ2v) is 8.66. The largest absolute Gasteiger partial charge is 0.383 e. The quantitative estimate of drug-likeness (QED) is 0.604. The van der Waals surface area contributed by atoms with E-state index in [1.165, 1.54) is 4.90 Å². The maximum absolute atomic E-state index is 13.1. The van der Waals surface area contributed by atoms with E-state index in [9.17, 15) is 20.1 Å². The zero-order valence-electron chi connectivity index (χ0n) is 16.8. The van der Waals surface area contributed by atoms with Gasteiger partial charge >= 0.3 is 0 Å². The number of benzene rings is 1. The number of nitrogen functional groups attached to an aromatic ring is 1. The summed E-state index contributed by atoms with van der Waals surface area (Å²) in [4.78, 5) is 34.2. The van der Waals surface area contributed by atoms with Crippen LogP contribution in [0.3, 0.4) is 0 Å². The van der Waals surface area contributed by atoms with Gasteiger partial charge in [-0.15, -0.1) is 0 Å². The molecule has 0 bridgehead atoms. The molecule has 1 saturated heterocycles. The number of nitrogens with one attached hydrogen (secondary N) is 1. The highest BCUT2D eigenvalue weighted by Crippen LogP contribution is 2.38. The van der Waals surface area contributed by atoms with E-state index in [0.29, 0.717) is 11.3 Å².